The minimum Gasteiger partial charge on any atom is -0.393 e. The van der Waals surface area contributed by atoms with Gasteiger partial charge in [0.05, 0.1) is 28.8 Å². The van der Waals surface area contributed by atoms with Crippen LogP contribution in [0.1, 0.15) is 62.8 Å². The fourth-order valence-corrected chi connectivity index (χ4v) is 5.83. The van der Waals surface area contributed by atoms with Gasteiger partial charge in [-0.3, -0.25) is 4.79 Å². The normalized spacial score (nSPS) is 24.5. The first-order chi connectivity index (χ1) is 15.9. The van der Waals surface area contributed by atoms with Crippen molar-refractivity contribution in [2.75, 3.05) is 11.9 Å². The van der Waals surface area contributed by atoms with Crippen LogP contribution in [0.3, 0.4) is 0 Å². The molecule has 3 aromatic heterocycles. The van der Waals surface area contributed by atoms with Crippen LogP contribution in [0.5, 0.6) is 0 Å². The standard InChI is InChI=1S/C24H25ClN4O3S/c1-12-7-15(8-18(12)30)28-24-17(10-26-11-27-24)22(31)19-9-16(13(2)33-19)23-21-14(5-6-32-23)3-4-20(25)29-21/h3-4,9-12,15,18,23,30H,5-8H2,1-2H3,(H,26,27,28)/t12-,15-,18-,23+/m1/s1. The molecule has 0 aromatic carbocycles. The third kappa shape index (κ3) is 4.40. The number of anilines is 1. The molecule has 0 spiro atoms. The lowest BCUT2D eigenvalue weighted by molar-refractivity contribution is 0.0663. The lowest BCUT2D eigenvalue weighted by Crippen LogP contribution is -2.20. The number of aliphatic hydroxyl groups excluding tert-OH is 1. The zero-order chi connectivity index (χ0) is 23.1. The number of carbonyl (C=O) groups is 1. The Morgan fingerprint density at radius 1 is 1.33 bits per heavy atom. The molecule has 1 saturated carbocycles. The number of ketones is 1. The summed E-state index contributed by atoms with van der Waals surface area (Å²) in [6.07, 6.45) is 4.54. The molecule has 0 unspecified atom stereocenters. The molecule has 1 aliphatic carbocycles. The molecule has 0 amide bonds. The van der Waals surface area contributed by atoms with Gasteiger partial charge in [0.25, 0.3) is 0 Å². The second kappa shape index (κ2) is 9.10. The number of fused-ring (bicyclic) bond motifs is 1. The second-order valence-corrected chi connectivity index (χ2v) is 10.4. The third-order valence-corrected chi connectivity index (χ3v) is 7.76. The summed E-state index contributed by atoms with van der Waals surface area (Å²) in [5.74, 6) is 0.576. The fraction of sp³-hybridized carbons (Fsp3) is 0.417. The van der Waals surface area contributed by atoms with E-state index < -0.39 is 0 Å². The Morgan fingerprint density at radius 3 is 2.97 bits per heavy atom. The molecule has 0 bridgehead atoms. The van der Waals surface area contributed by atoms with E-state index in [1.165, 1.54) is 17.7 Å². The summed E-state index contributed by atoms with van der Waals surface area (Å²) >= 11 is 7.58. The van der Waals surface area contributed by atoms with Gasteiger partial charge in [0.15, 0.2) is 0 Å². The highest BCUT2D eigenvalue weighted by Crippen LogP contribution is 2.38. The Balaban J connectivity index is 1.43. The van der Waals surface area contributed by atoms with E-state index in [2.05, 4.69) is 20.3 Å². The number of ether oxygens (including phenoxy) is 1. The molecule has 5 rings (SSSR count). The van der Waals surface area contributed by atoms with Crippen molar-refractivity contribution in [1.29, 1.82) is 0 Å². The summed E-state index contributed by atoms with van der Waals surface area (Å²) < 4.78 is 6.07. The van der Waals surface area contributed by atoms with E-state index in [1.54, 1.807) is 12.3 Å². The number of nitrogens with zero attached hydrogens (tertiary/aromatic N) is 3. The second-order valence-electron chi connectivity index (χ2n) is 8.77. The summed E-state index contributed by atoms with van der Waals surface area (Å²) in [4.78, 5) is 28.0. The predicted octanol–water partition coefficient (Wildman–Crippen LogP) is 4.36. The number of thiophene rings is 1. The van der Waals surface area contributed by atoms with Gasteiger partial charge >= 0.3 is 0 Å². The van der Waals surface area contributed by atoms with Gasteiger partial charge in [0.1, 0.15) is 23.4 Å². The molecule has 4 atom stereocenters. The lowest BCUT2D eigenvalue weighted by atomic mass is 9.98. The highest BCUT2D eigenvalue weighted by Gasteiger charge is 2.32. The van der Waals surface area contributed by atoms with Crippen molar-refractivity contribution in [2.24, 2.45) is 5.92 Å². The lowest BCUT2D eigenvalue weighted by Gasteiger charge is -2.25. The van der Waals surface area contributed by atoms with Crippen LogP contribution in [-0.4, -0.2) is 44.6 Å². The van der Waals surface area contributed by atoms with E-state index in [1.807, 2.05) is 26.0 Å². The van der Waals surface area contributed by atoms with E-state index in [0.29, 0.717) is 34.4 Å². The maximum Gasteiger partial charge on any atom is 0.208 e. The number of hydrogen-bond donors (Lipinski definition) is 2. The van der Waals surface area contributed by atoms with Gasteiger partial charge in [-0.2, -0.15) is 0 Å². The summed E-state index contributed by atoms with van der Waals surface area (Å²) in [5, 5.41) is 13.9. The van der Waals surface area contributed by atoms with Crippen molar-refractivity contribution in [1.82, 2.24) is 15.0 Å². The molecule has 1 aliphatic heterocycles. The number of aliphatic hydroxyl groups is 1. The van der Waals surface area contributed by atoms with E-state index >= 15 is 0 Å². The largest absolute Gasteiger partial charge is 0.393 e. The molecule has 4 heterocycles. The van der Waals surface area contributed by atoms with Crippen molar-refractivity contribution < 1.29 is 14.6 Å². The van der Waals surface area contributed by atoms with Gasteiger partial charge in [-0.05, 0) is 49.8 Å². The molecule has 7 nitrogen and oxygen atoms in total. The molecule has 1 fully saturated rings. The molecule has 2 aliphatic rings. The van der Waals surface area contributed by atoms with Crippen molar-refractivity contribution in [3.63, 3.8) is 0 Å². The monoisotopic (exact) mass is 484 g/mol. The topological polar surface area (TPSA) is 97.2 Å². The zero-order valence-electron chi connectivity index (χ0n) is 18.4. The number of nitrogens with one attached hydrogen (secondary N) is 1. The van der Waals surface area contributed by atoms with Crippen LogP contribution in [0, 0.1) is 12.8 Å². The van der Waals surface area contributed by atoms with E-state index in [-0.39, 0.29) is 30.0 Å². The van der Waals surface area contributed by atoms with Gasteiger partial charge < -0.3 is 15.2 Å². The molecular formula is C24H25ClN4O3S. The van der Waals surface area contributed by atoms with Gasteiger partial charge in [0, 0.05) is 22.7 Å². The van der Waals surface area contributed by atoms with Gasteiger partial charge in [-0.1, -0.05) is 24.6 Å². The minimum atomic E-state index is -0.351. The first-order valence-electron chi connectivity index (χ1n) is 11.1. The Kier molecular flexibility index (Phi) is 6.18. The van der Waals surface area contributed by atoms with E-state index in [9.17, 15) is 9.90 Å². The summed E-state index contributed by atoms with van der Waals surface area (Å²) in [7, 11) is 0. The number of carbonyl (C=O) groups excluding carboxylic acids is 1. The predicted molar refractivity (Wildman–Crippen MR) is 127 cm³/mol. The molecule has 3 aromatic rings. The average molecular weight is 485 g/mol. The van der Waals surface area contributed by atoms with Crippen molar-refractivity contribution in [3.8, 4) is 0 Å². The molecule has 0 radical (unpaired) electrons. The number of rotatable bonds is 5. The van der Waals surface area contributed by atoms with Crippen molar-refractivity contribution >= 4 is 34.5 Å². The summed E-state index contributed by atoms with van der Waals surface area (Å²) in [6, 6.07) is 5.75. The van der Waals surface area contributed by atoms with Crippen molar-refractivity contribution in [3.05, 3.63) is 68.0 Å². The van der Waals surface area contributed by atoms with E-state index in [4.69, 9.17) is 16.3 Å². The van der Waals surface area contributed by atoms with Gasteiger partial charge in [0.2, 0.25) is 5.78 Å². The highest BCUT2D eigenvalue weighted by molar-refractivity contribution is 7.14. The average Bonchev–Trinajstić information content (AvgIpc) is 3.34. The van der Waals surface area contributed by atoms with Crippen LogP contribution in [0.2, 0.25) is 5.15 Å². The molecule has 9 heteroatoms. The van der Waals surface area contributed by atoms with Gasteiger partial charge in [-0.25, -0.2) is 15.0 Å². The zero-order valence-corrected chi connectivity index (χ0v) is 20.0. The van der Waals surface area contributed by atoms with Crippen LogP contribution in [0.15, 0.2) is 30.7 Å². The Bertz CT molecular complexity index is 1190. The first-order valence-corrected chi connectivity index (χ1v) is 12.3. The number of halogens is 1. The van der Waals surface area contributed by atoms with Gasteiger partial charge in [-0.15, -0.1) is 11.3 Å². The maximum atomic E-state index is 13.5. The summed E-state index contributed by atoms with van der Waals surface area (Å²) in [6.45, 7) is 4.61. The number of hydrogen-bond acceptors (Lipinski definition) is 8. The van der Waals surface area contributed by atoms with Crippen LogP contribution < -0.4 is 5.32 Å². The molecule has 0 saturated heterocycles. The molecule has 2 N–H and O–H groups in total. The van der Waals surface area contributed by atoms with Crippen LogP contribution in [0.25, 0.3) is 0 Å². The molecule has 172 valence electrons. The van der Waals surface area contributed by atoms with E-state index in [0.717, 1.165) is 34.5 Å². The molecular weight excluding hydrogens is 460 g/mol. The third-order valence-electron chi connectivity index (χ3n) is 6.48. The van der Waals surface area contributed by atoms with Crippen LogP contribution in [-0.2, 0) is 11.2 Å². The quantitative estimate of drug-likeness (QED) is 0.410. The minimum absolute atomic E-state index is 0.0695. The first kappa shape index (κ1) is 22.4. The Morgan fingerprint density at radius 2 is 2.18 bits per heavy atom. The van der Waals surface area contributed by atoms with Crippen LogP contribution >= 0.6 is 22.9 Å². The smallest absolute Gasteiger partial charge is 0.208 e. The van der Waals surface area contributed by atoms with Crippen molar-refractivity contribution in [2.45, 2.75) is 51.4 Å². The Hall–Kier alpha value is -2.39. The number of aromatic nitrogens is 3. The SMILES string of the molecule is Cc1sc(C(=O)c2cncnc2N[C@@H]2C[C@@H](C)[C@H](O)C2)cc1[C@@H]1OCCc2ccc(Cl)nc21. The summed E-state index contributed by atoms with van der Waals surface area (Å²) in [5.41, 5.74) is 3.28. The molecule has 33 heavy (non-hydrogen) atoms. The highest BCUT2D eigenvalue weighted by atomic mass is 35.5. The number of aryl methyl sites for hydroxylation is 1. The number of pyridine rings is 1. The Labute approximate surface area is 201 Å². The maximum absolute atomic E-state index is 13.5. The van der Waals surface area contributed by atoms with Crippen LogP contribution in [0.4, 0.5) is 5.82 Å². The fourth-order valence-electron chi connectivity index (χ4n) is 4.67.